The van der Waals surface area contributed by atoms with Gasteiger partial charge in [-0.1, -0.05) is 0 Å². The minimum Gasteiger partial charge on any atom is -0.346 e. The number of hydrogen-bond acceptors (Lipinski definition) is 3. The average molecular weight is 378 g/mol. The van der Waals surface area contributed by atoms with Gasteiger partial charge in [0, 0.05) is 60.1 Å². The summed E-state index contributed by atoms with van der Waals surface area (Å²) in [7, 11) is 0. The van der Waals surface area contributed by atoms with Crippen molar-refractivity contribution in [3.63, 3.8) is 0 Å². The first-order valence-corrected chi connectivity index (χ1v) is 10.0. The zero-order valence-electron chi connectivity index (χ0n) is 16.6. The lowest BCUT2D eigenvalue weighted by Crippen LogP contribution is -2.43. The van der Waals surface area contributed by atoms with Crippen molar-refractivity contribution in [3.05, 3.63) is 35.8 Å². The minimum absolute atomic E-state index is 0.0289. The lowest BCUT2D eigenvalue weighted by molar-refractivity contribution is 0.203. The fraction of sp³-hybridized carbons (Fsp3) is 0.476. The number of aryl methyl sites for hydroxylation is 2. The van der Waals surface area contributed by atoms with E-state index in [4.69, 9.17) is 5.10 Å². The molecule has 2 aliphatic rings. The predicted octanol–water partition coefficient (Wildman–Crippen LogP) is 3.20. The van der Waals surface area contributed by atoms with Gasteiger partial charge in [-0.15, -0.1) is 0 Å². The number of pyridine rings is 1. The van der Waals surface area contributed by atoms with Crippen molar-refractivity contribution in [1.82, 2.24) is 30.0 Å². The van der Waals surface area contributed by atoms with Gasteiger partial charge in [-0.2, -0.15) is 5.10 Å². The number of carbonyl (C=O) groups is 1. The molecule has 3 aromatic heterocycles. The van der Waals surface area contributed by atoms with Crippen molar-refractivity contribution in [2.45, 2.75) is 51.6 Å². The Bertz CT molecular complexity index is 1060. The third kappa shape index (κ3) is 2.60. The van der Waals surface area contributed by atoms with Gasteiger partial charge in [0.05, 0.1) is 5.69 Å². The number of aromatic nitrogens is 4. The van der Waals surface area contributed by atoms with Crippen LogP contribution in [0.5, 0.6) is 0 Å². The van der Waals surface area contributed by atoms with Gasteiger partial charge >= 0.3 is 6.03 Å². The lowest BCUT2D eigenvalue weighted by Gasteiger charge is -2.24. The molecule has 1 spiro atoms. The number of fused-ring (bicyclic) bond motifs is 3. The molecule has 1 unspecified atom stereocenters. The van der Waals surface area contributed by atoms with Crippen LogP contribution in [-0.4, -0.2) is 49.8 Å². The molecular weight excluding hydrogens is 352 g/mol. The van der Waals surface area contributed by atoms with Crippen LogP contribution in [0, 0.1) is 6.92 Å². The molecule has 5 rings (SSSR count). The molecule has 0 aliphatic carbocycles. The molecule has 2 N–H and O–H groups in total. The lowest BCUT2D eigenvalue weighted by atomic mass is 9.82. The molecule has 2 aliphatic heterocycles. The van der Waals surface area contributed by atoms with Gasteiger partial charge in [-0.05, 0) is 51.3 Å². The van der Waals surface area contributed by atoms with E-state index in [-0.39, 0.29) is 17.5 Å². The van der Waals surface area contributed by atoms with E-state index >= 15 is 0 Å². The Labute approximate surface area is 164 Å². The van der Waals surface area contributed by atoms with Crippen molar-refractivity contribution in [3.8, 4) is 11.3 Å². The fourth-order valence-electron chi connectivity index (χ4n) is 4.68. The molecule has 0 radical (unpaired) electrons. The first-order valence-electron chi connectivity index (χ1n) is 10.0. The third-order valence-electron chi connectivity index (χ3n) is 6.21. The van der Waals surface area contributed by atoms with Crippen molar-refractivity contribution in [2.24, 2.45) is 0 Å². The molecule has 0 aromatic carbocycles. The summed E-state index contributed by atoms with van der Waals surface area (Å²) in [5.41, 5.74) is 5.39. The molecule has 5 heterocycles. The van der Waals surface area contributed by atoms with Crippen LogP contribution in [0.25, 0.3) is 22.3 Å². The first kappa shape index (κ1) is 17.3. The van der Waals surface area contributed by atoms with Gasteiger partial charge in [0.15, 0.2) is 0 Å². The number of rotatable bonds is 2. The van der Waals surface area contributed by atoms with Crippen LogP contribution < -0.4 is 5.32 Å². The number of carbonyl (C=O) groups excluding carboxylic acids is 1. The molecule has 1 fully saturated rings. The van der Waals surface area contributed by atoms with Crippen LogP contribution in [0.4, 0.5) is 4.79 Å². The molecule has 3 aromatic rings. The van der Waals surface area contributed by atoms with Gasteiger partial charge in [-0.3, -0.25) is 4.68 Å². The normalized spacial score (nSPS) is 21.2. The monoisotopic (exact) mass is 378 g/mol. The Morgan fingerprint density at radius 3 is 2.93 bits per heavy atom. The van der Waals surface area contributed by atoms with Gasteiger partial charge in [0.2, 0.25) is 0 Å². The predicted molar refractivity (Wildman–Crippen MR) is 108 cm³/mol. The number of nitrogens with one attached hydrogen (secondary N) is 2. The highest BCUT2D eigenvalue weighted by atomic mass is 16.2. The van der Waals surface area contributed by atoms with E-state index in [1.165, 1.54) is 11.3 Å². The van der Waals surface area contributed by atoms with Crippen molar-refractivity contribution < 1.29 is 4.79 Å². The van der Waals surface area contributed by atoms with Crippen molar-refractivity contribution in [1.29, 1.82) is 0 Å². The van der Waals surface area contributed by atoms with Crippen molar-refractivity contribution in [2.75, 3.05) is 13.1 Å². The molecule has 28 heavy (non-hydrogen) atoms. The largest absolute Gasteiger partial charge is 0.346 e. The number of amides is 2. The zero-order chi connectivity index (χ0) is 19.5. The number of H-pyrrole nitrogens is 1. The second-order valence-electron chi connectivity index (χ2n) is 8.54. The van der Waals surface area contributed by atoms with Crippen LogP contribution in [0.15, 0.2) is 24.5 Å². The highest BCUT2D eigenvalue weighted by Crippen LogP contribution is 2.43. The van der Waals surface area contributed by atoms with E-state index in [0.717, 1.165) is 54.8 Å². The summed E-state index contributed by atoms with van der Waals surface area (Å²) < 4.78 is 2.13. The molecule has 2 amide bonds. The Morgan fingerprint density at radius 1 is 1.29 bits per heavy atom. The molecular formula is C21H26N6O. The summed E-state index contributed by atoms with van der Waals surface area (Å²) >= 11 is 0. The summed E-state index contributed by atoms with van der Waals surface area (Å²) in [5.74, 6) is 0. The van der Waals surface area contributed by atoms with Crippen LogP contribution in [0.3, 0.4) is 0 Å². The highest BCUT2D eigenvalue weighted by Gasteiger charge is 2.46. The minimum atomic E-state index is 0.0289. The SMILES string of the molecule is Cc1c[nH]c2ncc(-c3cc4n(n3)CCC43CCN(C(=O)NC(C)C)C3)cc12. The van der Waals surface area contributed by atoms with Crippen LogP contribution >= 0.6 is 0 Å². The molecule has 1 atom stereocenters. The maximum absolute atomic E-state index is 12.4. The molecule has 1 saturated heterocycles. The number of aromatic amines is 1. The summed E-state index contributed by atoms with van der Waals surface area (Å²) in [6, 6.07) is 4.57. The number of hydrogen-bond donors (Lipinski definition) is 2. The van der Waals surface area contributed by atoms with E-state index in [1.807, 2.05) is 31.1 Å². The molecule has 7 nitrogen and oxygen atoms in total. The van der Waals surface area contributed by atoms with E-state index in [0.29, 0.717) is 0 Å². The average Bonchev–Trinajstić information content (AvgIpc) is 3.41. The van der Waals surface area contributed by atoms with E-state index in [1.54, 1.807) is 0 Å². The van der Waals surface area contributed by atoms with Crippen LogP contribution in [-0.2, 0) is 12.0 Å². The standard InChI is InChI=1S/C21H26N6O/c1-13(2)24-20(28)26-6-4-21(12-26)5-7-27-18(21)9-17(25-27)15-8-16-14(3)10-22-19(16)23-11-15/h8-11,13H,4-7,12H2,1-3H3,(H,22,23)(H,24,28). The number of urea groups is 1. The molecule has 0 saturated carbocycles. The Morgan fingerprint density at radius 2 is 2.11 bits per heavy atom. The maximum atomic E-state index is 12.4. The Balaban J connectivity index is 1.44. The first-order chi connectivity index (χ1) is 13.4. The number of likely N-dealkylation sites (tertiary alicyclic amines) is 1. The van der Waals surface area contributed by atoms with Gasteiger partial charge in [0.1, 0.15) is 5.65 Å². The second kappa shape index (κ2) is 6.09. The second-order valence-corrected chi connectivity index (χ2v) is 8.54. The molecule has 146 valence electrons. The van der Waals surface area contributed by atoms with E-state index < -0.39 is 0 Å². The van der Waals surface area contributed by atoms with Crippen LogP contribution in [0.1, 0.15) is 37.9 Å². The van der Waals surface area contributed by atoms with Gasteiger partial charge < -0.3 is 15.2 Å². The Kier molecular flexibility index (Phi) is 3.76. The Hall–Kier alpha value is -2.83. The molecule has 7 heteroatoms. The summed E-state index contributed by atoms with van der Waals surface area (Å²) in [5, 5.41) is 9.02. The fourth-order valence-corrected chi connectivity index (χ4v) is 4.68. The number of nitrogens with zero attached hydrogens (tertiary/aromatic N) is 4. The maximum Gasteiger partial charge on any atom is 0.317 e. The topological polar surface area (TPSA) is 78.8 Å². The van der Waals surface area contributed by atoms with Gasteiger partial charge in [-0.25, -0.2) is 9.78 Å². The zero-order valence-corrected chi connectivity index (χ0v) is 16.6. The highest BCUT2D eigenvalue weighted by molar-refractivity contribution is 5.83. The van der Waals surface area contributed by atoms with Crippen molar-refractivity contribution >= 4 is 17.1 Å². The van der Waals surface area contributed by atoms with E-state index in [2.05, 4.69) is 39.0 Å². The van der Waals surface area contributed by atoms with Gasteiger partial charge in [0.25, 0.3) is 0 Å². The van der Waals surface area contributed by atoms with E-state index in [9.17, 15) is 4.79 Å². The smallest absolute Gasteiger partial charge is 0.317 e. The summed E-state index contributed by atoms with van der Waals surface area (Å²) in [6.07, 6.45) is 5.92. The van der Waals surface area contributed by atoms with Crippen LogP contribution in [0.2, 0.25) is 0 Å². The summed E-state index contributed by atoms with van der Waals surface area (Å²) in [6.45, 7) is 8.56. The molecule has 0 bridgehead atoms. The quantitative estimate of drug-likeness (QED) is 0.719. The third-order valence-corrected chi connectivity index (χ3v) is 6.21. The summed E-state index contributed by atoms with van der Waals surface area (Å²) in [4.78, 5) is 22.1.